The van der Waals surface area contributed by atoms with Crippen molar-refractivity contribution in [3.05, 3.63) is 63.0 Å². The van der Waals surface area contributed by atoms with Crippen molar-refractivity contribution in [1.82, 2.24) is 9.78 Å². The third-order valence-electron chi connectivity index (χ3n) is 2.98. The minimum absolute atomic E-state index is 0.227. The number of hydrogen-bond acceptors (Lipinski definition) is 4. The number of hydrogen-bond donors (Lipinski definition) is 1. The van der Waals surface area contributed by atoms with Gasteiger partial charge in [0.25, 0.3) is 10.0 Å². The number of thiophene rings is 1. The monoisotopic (exact) mass is 431 g/mol. The molecule has 0 fully saturated rings. The van der Waals surface area contributed by atoms with Crippen LogP contribution in [0.2, 0.25) is 5.02 Å². The molecule has 120 valence electrons. The van der Waals surface area contributed by atoms with Crippen LogP contribution >= 0.6 is 38.9 Å². The van der Waals surface area contributed by atoms with Crippen LogP contribution in [0.1, 0.15) is 5.56 Å². The summed E-state index contributed by atoms with van der Waals surface area (Å²) in [7, 11) is -3.62. The van der Waals surface area contributed by atoms with Gasteiger partial charge in [0.1, 0.15) is 4.21 Å². The minimum atomic E-state index is -3.62. The number of anilines is 1. The lowest BCUT2D eigenvalue weighted by molar-refractivity contribution is 0.602. The van der Waals surface area contributed by atoms with Crippen LogP contribution in [0.25, 0.3) is 0 Å². The van der Waals surface area contributed by atoms with Crippen molar-refractivity contribution in [3.63, 3.8) is 0 Å². The summed E-state index contributed by atoms with van der Waals surface area (Å²) in [6.45, 7) is 0.464. The van der Waals surface area contributed by atoms with Crippen molar-refractivity contribution in [1.29, 1.82) is 0 Å². The van der Waals surface area contributed by atoms with Gasteiger partial charge in [0.05, 0.1) is 10.3 Å². The maximum atomic E-state index is 12.2. The summed E-state index contributed by atoms with van der Waals surface area (Å²) in [5, 5.41) is 4.87. The maximum Gasteiger partial charge on any atom is 0.272 e. The number of rotatable bonds is 5. The van der Waals surface area contributed by atoms with Crippen molar-refractivity contribution in [2.45, 2.75) is 10.8 Å². The van der Waals surface area contributed by atoms with E-state index in [1.807, 2.05) is 18.2 Å². The van der Waals surface area contributed by atoms with Gasteiger partial charge in [0.2, 0.25) is 0 Å². The number of halogens is 2. The first-order valence-corrected chi connectivity index (χ1v) is 9.96. The minimum Gasteiger partial charge on any atom is -0.266 e. The molecule has 0 atom stereocenters. The molecule has 0 saturated heterocycles. The maximum absolute atomic E-state index is 12.2. The molecule has 23 heavy (non-hydrogen) atoms. The van der Waals surface area contributed by atoms with Crippen LogP contribution in [0.15, 0.2) is 56.7 Å². The predicted molar refractivity (Wildman–Crippen MR) is 95.6 cm³/mol. The summed E-state index contributed by atoms with van der Waals surface area (Å²) < 4.78 is 29.6. The van der Waals surface area contributed by atoms with Crippen LogP contribution < -0.4 is 4.72 Å². The Bertz CT molecular complexity index is 937. The molecule has 0 radical (unpaired) electrons. The van der Waals surface area contributed by atoms with E-state index < -0.39 is 10.0 Å². The van der Waals surface area contributed by atoms with E-state index in [0.717, 1.165) is 20.7 Å². The molecule has 5 nitrogen and oxygen atoms in total. The third-order valence-corrected chi connectivity index (χ3v) is 6.82. The topological polar surface area (TPSA) is 64.0 Å². The Morgan fingerprint density at radius 3 is 2.70 bits per heavy atom. The summed E-state index contributed by atoms with van der Waals surface area (Å²) in [5.41, 5.74) is 0.911. The number of nitrogens with zero attached hydrogens (tertiary/aromatic N) is 2. The number of sulfonamides is 1. The second kappa shape index (κ2) is 6.64. The van der Waals surface area contributed by atoms with Crippen LogP contribution in [0.4, 0.5) is 5.82 Å². The Morgan fingerprint density at radius 1 is 1.22 bits per heavy atom. The van der Waals surface area contributed by atoms with Crippen LogP contribution in [-0.2, 0) is 16.6 Å². The summed E-state index contributed by atoms with van der Waals surface area (Å²) in [4.78, 5) is 0. The van der Waals surface area contributed by atoms with E-state index in [9.17, 15) is 8.42 Å². The molecule has 0 saturated carbocycles. The number of nitrogens with one attached hydrogen (secondary N) is 1. The molecule has 0 spiro atoms. The lowest BCUT2D eigenvalue weighted by atomic mass is 10.2. The highest BCUT2D eigenvalue weighted by Crippen LogP contribution is 2.27. The van der Waals surface area contributed by atoms with Crippen LogP contribution in [0, 0.1) is 0 Å². The van der Waals surface area contributed by atoms with Crippen LogP contribution in [0.5, 0.6) is 0 Å². The Kier molecular flexibility index (Phi) is 4.77. The van der Waals surface area contributed by atoms with Crippen molar-refractivity contribution < 1.29 is 8.42 Å². The van der Waals surface area contributed by atoms with Gasteiger partial charge in [-0.15, -0.1) is 11.3 Å². The molecule has 2 heterocycles. The fourth-order valence-corrected chi connectivity index (χ4v) is 5.14. The molecule has 3 aromatic rings. The SMILES string of the molecule is O=S(=O)(Nc1ccn(Cc2ccccc2Cl)n1)c1ccc(Br)s1. The summed E-state index contributed by atoms with van der Waals surface area (Å²) in [6, 6.07) is 12.3. The Labute approximate surface area is 151 Å². The average Bonchev–Trinajstić information content (AvgIpc) is 3.11. The largest absolute Gasteiger partial charge is 0.272 e. The molecule has 0 aliphatic heterocycles. The number of aromatic nitrogens is 2. The highest BCUT2D eigenvalue weighted by atomic mass is 79.9. The molecular formula is C14H11BrClN3O2S2. The molecule has 3 rings (SSSR count). The van der Waals surface area contributed by atoms with E-state index in [1.54, 1.807) is 29.1 Å². The van der Waals surface area contributed by atoms with Gasteiger partial charge in [-0.05, 0) is 39.7 Å². The van der Waals surface area contributed by atoms with Gasteiger partial charge in [0, 0.05) is 17.3 Å². The number of benzene rings is 1. The standard InChI is InChI=1S/C14H11BrClN3O2S2/c15-12-5-6-14(22-12)23(20,21)18-13-7-8-19(17-13)9-10-3-1-2-4-11(10)16/h1-8H,9H2,(H,17,18). The van der Waals surface area contributed by atoms with Crippen molar-refractivity contribution >= 4 is 54.7 Å². The van der Waals surface area contributed by atoms with Gasteiger partial charge in [-0.25, -0.2) is 8.42 Å². The molecule has 9 heteroatoms. The van der Waals surface area contributed by atoms with Gasteiger partial charge in [-0.2, -0.15) is 5.10 Å². The lowest BCUT2D eigenvalue weighted by Gasteiger charge is -2.05. The molecule has 2 aromatic heterocycles. The third kappa shape index (κ3) is 3.95. The van der Waals surface area contributed by atoms with Crippen molar-refractivity contribution in [3.8, 4) is 0 Å². The first-order chi connectivity index (χ1) is 10.9. The summed E-state index contributed by atoms with van der Waals surface area (Å²) >= 11 is 10.5. The van der Waals surface area contributed by atoms with Gasteiger partial charge in [-0.1, -0.05) is 29.8 Å². The molecule has 0 aliphatic carbocycles. The lowest BCUT2D eigenvalue weighted by Crippen LogP contribution is -2.12. The molecule has 0 bridgehead atoms. The van der Waals surface area contributed by atoms with Crippen molar-refractivity contribution in [2.24, 2.45) is 0 Å². The first-order valence-electron chi connectivity index (χ1n) is 6.49. The fraction of sp³-hybridized carbons (Fsp3) is 0.0714. The van der Waals surface area contributed by atoms with Gasteiger partial charge >= 0.3 is 0 Å². The molecule has 0 unspecified atom stereocenters. The smallest absolute Gasteiger partial charge is 0.266 e. The van der Waals surface area contributed by atoms with Gasteiger partial charge < -0.3 is 0 Å². The molecule has 1 N–H and O–H groups in total. The molecule has 1 aromatic carbocycles. The zero-order valence-corrected chi connectivity index (χ0v) is 15.6. The zero-order valence-electron chi connectivity index (χ0n) is 11.6. The van der Waals surface area contributed by atoms with Crippen molar-refractivity contribution in [2.75, 3.05) is 4.72 Å². The van der Waals surface area contributed by atoms with E-state index in [0.29, 0.717) is 11.6 Å². The normalized spacial score (nSPS) is 11.6. The first kappa shape index (κ1) is 16.5. The van der Waals surface area contributed by atoms with E-state index in [2.05, 4.69) is 25.8 Å². The molecule has 0 aliphatic rings. The van der Waals surface area contributed by atoms with E-state index in [1.165, 1.54) is 6.07 Å². The highest BCUT2D eigenvalue weighted by molar-refractivity contribution is 9.11. The van der Waals surface area contributed by atoms with E-state index in [-0.39, 0.29) is 10.0 Å². The molecular weight excluding hydrogens is 422 g/mol. The Hall–Kier alpha value is -1.35. The van der Waals surface area contributed by atoms with E-state index >= 15 is 0 Å². The second-order valence-corrected chi connectivity index (χ2v) is 9.43. The quantitative estimate of drug-likeness (QED) is 0.657. The van der Waals surface area contributed by atoms with E-state index in [4.69, 9.17) is 11.6 Å². The predicted octanol–water partition coefficient (Wildman–Crippen LogP) is 4.21. The zero-order chi connectivity index (χ0) is 16.4. The Balaban J connectivity index is 1.76. The van der Waals surface area contributed by atoms with Gasteiger partial charge in [-0.3, -0.25) is 9.40 Å². The van der Waals surface area contributed by atoms with Gasteiger partial charge in [0.15, 0.2) is 5.82 Å². The molecule has 0 amide bonds. The summed E-state index contributed by atoms with van der Waals surface area (Å²) in [6.07, 6.45) is 1.70. The van der Waals surface area contributed by atoms with Crippen LogP contribution in [0.3, 0.4) is 0 Å². The fourth-order valence-electron chi connectivity index (χ4n) is 1.94. The van der Waals surface area contributed by atoms with Crippen LogP contribution in [-0.4, -0.2) is 18.2 Å². The highest BCUT2D eigenvalue weighted by Gasteiger charge is 2.17. The second-order valence-electron chi connectivity index (χ2n) is 4.65. The Morgan fingerprint density at radius 2 is 2.00 bits per heavy atom. The average molecular weight is 433 g/mol. The summed E-state index contributed by atoms with van der Waals surface area (Å²) in [5.74, 6) is 0.265.